The van der Waals surface area contributed by atoms with Gasteiger partial charge in [0.1, 0.15) is 0 Å². The zero-order chi connectivity index (χ0) is 30.3. The van der Waals surface area contributed by atoms with Gasteiger partial charge >= 0.3 is 6.18 Å². The molecule has 1 aliphatic heterocycles. The maximum atomic E-state index is 13.0. The average Bonchev–Trinajstić information content (AvgIpc) is 3.42. The summed E-state index contributed by atoms with van der Waals surface area (Å²) in [4.78, 5) is 15.1. The first-order chi connectivity index (χ1) is 20.0. The van der Waals surface area contributed by atoms with Gasteiger partial charge in [0, 0.05) is 30.3 Å². The third-order valence-electron chi connectivity index (χ3n) is 7.37. The SMILES string of the molecule is CCS(=O)(=O)c1ccc(CNC(=O)c2ccc(N3CC(c4ccc(C(F)(F)F)cc4)C[C@H]3COCCC#N)cc2)cc1. The largest absolute Gasteiger partial charge is 0.416 e. The molecule has 1 amide bonds. The van der Waals surface area contributed by atoms with Crippen LogP contribution in [0.1, 0.15) is 52.7 Å². The monoisotopic (exact) mass is 599 g/mol. The van der Waals surface area contributed by atoms with E-state index < -0.39 is 21.6 Å². The molecule has 2 atom stereocenters. The van der Waals surface area contributed by atoms with Gasteiger partial charge in [-0.1, -0.05) is 31.2 Å². The molecule has 0 bridgehead atoms. The Morgan fingerprint density at radius 2 is 1.71 bits per heavy atom. The maximum absolute atomic E-state index is 13.0. The number of ether oxygens (including phenoxy) is 1. The van der Waals surface area contributed by atoms with Crippen LogP contribution in [0.2, 0.25) is 0 Å². The minimum atomic E-state index is -4.39. The number of hydrogen-bond acceptors (Lipinski definition) is 6. The highest BCUT2D eigenvalue weighted by atomic mass is 32.2. The van der Waals surface area contributed by atoms with Crippen molar-refractivity contribution in [1.82, 2.24) is 5.32 Å². The second-order valence-corrected chi connectivity index (χ2v) is 12.4. The van der Waals surface area contributed by atoms with Crippen molar-refractivity contribution in [2.45, 2.75) is 49.3 Å². The number of anilines is 1. The van der Waals surface area contributed by atoms with E-state index in [-0.39, 0.29) is 41.5 Å². The van der Waals surface area contributed by atoms with Crippen molar-refractivity contribution in [1.29, 1.82) is 5.26 Å². The molecule has 0 aromatic heterocycles. The number of carbonyl (C=O) groups is 1. The number of rotatable bonds is 11. The van der Waals surface area contributed by atoms with Crippen LogP contribution in [0.3, 0.4) is 0 Å². The van der Waals surface area contributed by atoms with Crippen molar-refractivity contribution in [2.75, 3.05) is 30.4 Å². The lowest BCUT2D eigenvalue weighted by Crippen LogP contribution is -2.33. The molecular weight excluding hydrogens is 567 g/mol. The average molecular weight is 600 g/mol. The van der Waals surface area contributed by atoms with Gasteiger partial charge in [0.2, 0.25) is 0 Å². The third kappa shape index (κ3) is 7.69. The number of halogens is 3. The van der Waals surface area contributed by atoms with Crippen LogP contribution in [0.25, 0.3) is 0 Å². The first-order valence-electron chi connectivity index (χ1n) is 13.6. The van der Waals surface area contributed by atoms with Crippen molar-refractivity contribution in [3.05, 3.63) is 95.1 Å². The van der Waals surface area contributed by atoms with E-state index in [0.717, 1.165) is 28.9 Å². The third-order valence-corrected chi connectivity index (χ3v) is 9.12. The Hall–Kier alpha value is -3.88. The standard InChI is InChI=1S/C31H32F3N3O4S/c1-2-42(39,40)29-14-4-22(5-15-29)19-36-30(38)24-8-12-27(13-9-24)37-20-25(18-28(37)21-41-17-3-16-35)23-6-10-26(11-7-23)31(32,33)34/h4-15,25,28H,2-3,17-21H2,1H3,(H,36,38)/t25?,28-/m0/s1. The predicted molar refractivity (Wildman–Crippen MR) is 153 cm³/mol. The van der Waals surface area contributed by atoms with Crippen molar-refractivity contribution < 1.29 is 31.1 Å². The number of benzene rings is 3. The fraction of sp³-hybridized carbons (Fsp3) is 0.355. The number of alkyl halides is 3. The minimum Gasteiger partial charge on any atom is -0.378 e. The first-order valence-corrected chi connectivity index (χ1v) is 15.3. The van der Waals surface area contributed by atoms with Crippen LogP contribution in [0.4, 0.5) is 18.9 Å². The quantitative estimate of drug-likeness (QED) is 0.283. The highest BCUT2D eigenvalue weighted by Crippen LogP contribution is 2.37. The smallest absolute Gasteiger partial charge is 0.378 e. The van der Waals surface area contributed by atoms with Gasteiger partial charge in [0.25, 0.3) is 5.91 Å². The van der Waals surface area contributed by atoms with Crippen LogP contribution in [-0.2, 0) is 27.3 Å². The van der Waals surface area contributed by atoms with Gasteiger partial charge in [-0.15, -0.1) is 0 Å². The van der Waals surface area contributed by atoms with Gasteiger partial charge in [-0.05, 0) is 66.1 Å². The van der Waals surface area contributed by atoms with Crippen molar-refractivity contribution in [2.24, 2.45) is 0 Å². The molecule has 42 heavy (non-hydrogen) atoms. The van der Waals surface area contributed by atoms with Gasteiger partial charge in [-0.3, -0.25) is 4.79 Å². The van der Waals surface area contributed by atoms with E-state index in [4.69, 9.17) is 10.00 Å². The first kappa shape index (κ1) is 31.1. The number of amides is 1. The summed E-state index contributed by atoms with van der Waals surface area (Å²) in [5.41, 5.74) is 2.18. The van der Waals surface area contributed by atoms with Crippen molar-refractivity contribution in [3.8, 4) is 6.07 Å². The Bertz CT molecular complexity index is 1500. The van der Waals surface area contributed by atoms with Gasteiger partial charge in [0.05, 0.1) is 48.0 Å². The molecular formula is C31H32F3N3O4S. The normalized spacial score (nSPS) is 17.2. The number of nitrogens with zero attached hydrogens (tertiary/aromatic N) is 2. The van der Waals surface area contributed by atoms with Crippen molar-refractivity contribution >= 4 is 21.4 Å². The second kappa shape index (κ2) is 13.4. The van der Waals surface area contributed by atoms with E-state index >= 15 is 0 Å². The molecule has 1 heterocycles. The molecule has 1 fully saturated rings. The summed E-state index contributed by atoms with van der Waals surface area (Å²) in [6.45, 7) is 3.03. The zero-order valence-corrected chi connectivity index (χ0v) is 23.9. The van der Waals surface area contributed by atoms with E-state index in [1.807, 2.05) is 18.2 Å². The molecule has 222 valence electrons. The van der Waals surface area contributed by atoms with E-state index in [9.17, 15) is 26.4 Å². The van der Waals surface area contributed by atoms with Crippen molar-refractivity contribution in [3.63, 3.8) is 0 Å². The molecule has 1 saturated heterocycles. The topological polar surface area (TPSA) is 99.5 Å². The Kier molecular flexibility index (Phi) is 9.91. The molecule has 0 spiro atoms. The number of nitrogens with one attached hydrogen (secondary N) is 1. The van der Waals surface area contributed by atoms with Crippen LogP contribution in [0.5, 0.6) is 0 Å². The summed E-state index contributed by atoms with van der Waals surface area (Å²) in [5.74, 6) is -0.285. The summed E-state index contributed by atoms with van der Waals surface area (Å²) >= 11 is 0. The highest BCUT2D eigenvalue weighted by Gasteiger charge is 2.35. The molecule has 0 saturated carbocycles. The van der Waals surface area contributed by atoms with Crippen LogP contribution in [-0.4, -0.2) is 45.9 Å². The lowest BCUT2D eigenvalue weighted by Gasteiger charge is -2.27. The molecule has 1 aliphatic rings. The van der Waals surface area contributed by atoms with Gasteiger partial charge in [0.15, 0.2) is 9.84 Å². The van der Waals surface area contributed by atoms with Gasteiger partial charge < -0.3 is 15.0 Å². The van der Waals surface area contributed by atoms with Crippen LogP contribution in [0.15, 0.2) is 77.7 Å². The Morgan fingerprint density at radius 3 is 2.31 bits per heavy atom. The zero-order valence-electron chi connectivity index (χ0n) is 23.1. The highest BCUT2D eigenvalue weighted by molar-refractivity contribution is 7.91. The lowest BCUT2D eigenvalue weighted by molar-refractivity contribution is -0.137. The van der Waals surface area contributed by atoms with Gasteiger partial charge in [-0.2, -0.15) is 18.4 Å². The molecule has 0 radical (unpaired) electrons. The Labute approximate surface area is 243 Å². The number of carbonyl (C=O) groups excluding carboxylic acids is 1. The molecule has 7 nitrogen and oxygen atoms in total. The molecule has 11 heteroatoms. The summed E-state index contributed by atoms with van der Waals surface area (Å²) in [6.07, 6.45) is -3.47. The van der Waals surface area contributed by atoms with Gasteiger partial charge in [-0.25, -0.2) is 8.42 Å². The van der Waals surface area contributed by atoms with E-state index in [0.29, 0.717) is 31.7 Å². The summed E-state index contributed by atoms with van der Waals surface area (Å²) < 4.78 is 68.8. The molecule has 3 aromatic carbocycles. The summed E-state index contributed by atoms with van der Waals surface area (Å²) in [6, 6.07) is 20.7. The van der Waals surface area contributed by atoms with E-state index in [1.165, 1.54) is 24.3 Å². The van der Waals surface area contributed by atoms with Crippen LogP contribution >= 0.6 is 0 Å². The molecule has 0 aliphatic carbocycles. The Morgan fingerprint density at radius 1 is 1.05 bits per heavy atom. The molecule has 4 rings (SSSR count). The van der Waals surface area contributed by atoms with Crippen LogP contribution in [0, 0.1) is 11.3 Å². The van der Waals surface area contributed by atoms with E-state index in [2.05, 4.69) is 10.2 Å². The second-order valence-electron chi connectivity index (χ2n) is 10.1. The van der Waals surface area contributed by atoms with E-state index in [1.54, 1.807) is 31.2 Å². The van der Waals surface area contributed by atoms with Crippen LogP contribution < -0.4 is 10.2 Å². The molecule has 1 N–H and O–H groups in total. The maximum Gasteiger partial charge on any atom is 0.416 e. The lowest BCUT2D eigenvalue weighted by atomic mass is 9.95. The number of nitriles is 1. The number of hydrogen-bond donors (Lipinski definition) is 1. The Balaban J connectivity index is 1.42. The predicted octanol–water partition coefficient (Wildman–Crippen LogP) is 5.72. The number of sulfone groups is 1. The molecule has 3 aromatic rings. The molecule has 1 unspecified atom stereocenters. The summed E-state index contributed by atoms with van der Waals surface area (Å²) in [7, 11) is -3.29. The fourth-order valence-electron chi connectivity index (χ4n) is 4.98. The summed E-state index contributed by atoms with van der Waals surface area (Å²) in [5, 5.41) is 11.6. The fourth-order valence-corrected chi connectivity index (χ4v) is 5.87. The minimum absolute atomic E-state index is 0.0151.